The van der Waals surface area contributed by atoms with E-state index >= 15 is 0 Å². The van der Waals surface area contributed by atoms with Crippen LogP contribution in [0.15, 0.2) is 36.4 Å². The molecule has 7 heteroatoms. The summed E-state index contributed by atoms with van der Waals surface area (Å²) >= 11 is 0. The lowest BCUT2D eigenvalue weighted by atomic mass is 10.0. The highest BCUT2D eigenvalue weighted by atomic mass is 19.1. The third kappa shape index (κ3) is 3.37. The van der Waals surface area contributed by atoms with E-state index in [0.29, 0.717) is 25.0 Å². The van der Waals surface area contributed by atoms with Crippen LogP contribution < -0.4 is 10.1 Å². The molecule has 0 aromatic heterocycles. The normalized spacial score (nSPS) is 21.1. The van der Waals surface area contributed by atoms with Crippen molar-refractivity contribution < 1.29 is 28.2 Å². The van der Waals surface area contributed by atoms with Gasteiger partial charge in [-0.05, 0) is 47.2 Å². The molecule has 2 aromatic carbocycles. The summed E-state index contributed by atoms with van der Waals surface area (Å²) in [5.74, 6) is -3.16. The molecular formula is C20H17F2NO4. The van der Waals surface area contributed by atoms with E-state index in [4.69, 9.17) is 4.74 Å². The molecule has 3 atom stereocenters. The number of halogens is 2. The predicted molar refractivity (Wildman–Crippen MR) is 91.4 cm³/mol. The molecule has 4 rings (SSSR count). The highest BCUT2D eigenvalue weighted by Gasteiger charge is 2.46. The predicted octanol–water partition coefficient (Wildman–Crippen LogP) is 2.95. The third-order valence-electron chi connectivity index (χ3n) is 5.07. The monoisotopic (exact) mass is 373 g/mol. The van der Waals surface area contributed by atoms with Crippen LogP contribution in [0, 0.1) is 17.6 Å². The van der Waals surface area contributed by atoms with Gasteiger partial charge in [0.2, 0.25) is 5.91 Å². The summed E-state index contributed by atoms with van der Waals surface area (Å²) in [7, 11) is 0. The topological polar surface area (TPSA) is 75.6 Å². The summed E-state index contributed by atoms with van der Waals surface area (Å²) in [5, 5.41) is 12.1. The van der Waals surface area contributed by atoms with Gasteiger partial charge in [0.05, 0.1) is 6.61 Å². The van der Waals surface area contributed by atoms with Gasteiger partial charge in [-0.1, -0.05) is 12.1 Å². The Bertz CT molecular complexity index is 930. The molecule has 2 N–H and O–H groups in total. The zero-order valence-electron chi connectivity index (χ0n) is 14.2. The first-order valence-electron chi connectivity index (χ1n) is 8.68. The lowest BCUT2D eigenvalue weighted by Crippen LogP contribution is -2.35. The van der Waals surface area contributed by atoms with Crippen molar-refractivity contribution in [2.75, 3.05) is 6.61 Å². The summed E-state index contributed by atoms with van der Waals surface area (Å²) < 4.78 is 32.3. The second-order valence-electron chi connectivity index (χ2n) is 6.86. The number of carbonyl (C=O) groups is 2. The van der Waals surface area contributed by atoms with Gasteiger partial charge in [0, 0.05) is 18.4 Å². The molecule has 0 saturated heterocycles. The third-order valence-corrected chi connectivity index (χ3v) is 5.07. The van der Waals surface area contributed by atoms with Crippen molar-refractivity contribution in [2.24, 2.45) is 5.92 Å². The molecule has 1 aliphatic carbocycles. The van der Waals surface area contributed by atoms with Crippen LogP contribution in [0.25, 0.3) is 0 Å². The first kappa shape index (κ1) is 17.5. The Morgan fingerprint density at radius 3 is 2.74 bits per heavy atom. The number of carboxylic acids is 1. The van der Waals surface area contributed by atoms with Gasteiger partial charge in [-0.25, -0.2) is 13.6 Å². The van der Waals surface area contributed by atoms with E-state index < -0.39 is 35.5 Å². The summed E-state index contributed by atoms with van der Waals surface area (Å²) in [6, 6.07) is 7.13. The number of benzene rings is 2. The molecule has 27 heavy (non-hydrogen) atoms. The Morgan fingerprint density at radius 1 is 1.19 bits per heavy atom. The number of amides is 1. The van der Waals surface area contributed by atoms with Crippen molar-refractivity contribution in [1.29, 1.82) is 0 Å². The second-order valence-corrected chi connectivity index (χ2v) is 6.86. The molecule has 2 aliphatic rings. The first-order valence-corrected chi connectivity index (χ1v) is 8.68. The minimum Gasteiger partial charge on any atom is -0.493 e. The SMILES string of the molecule is O=C(O)C(NC(=O)C1CC1c1ccc(F)cc1F)c1ccc2c(c1)CCO2. The number of carboxylic acid groups (broad SMARTS) is 1. The summed E-state index contributed by atoms with van der Waals surface area (Å²) in [6.45, 7) is 0.551. The van der Waals surface area contributed by atoms with Crippen LogP contribution in [0.2, 0.25) is 0 Å². The standard InChI is InChI=1S/C20H17F2NO4/c21-12-2-3-13(16(22)8-12)14-9-15(14)19(24)23-18(20(25)26)11-1-4-17-10(7-11)5-6-27-17/h1-4,7-8,14-15,18H,5-6,9H2,(H,23,24)(H,25,26). The van der Waals surface area contributed by atoms with Crippen molar-refractivity contribution in [1.82, 2.24) is 5.32 Å². The number of hydrogen-bond donors (Lipinski definition) is 2. The van der Waals surface area contributed by atoms with E-state index in [0.717, 1.165) is 23.4 Å². The van der Waals surface area contributed by atoms with Gasteiger partial charge in [0.15, 0.2) is 6.04 Å². The molecular weight excluding hydrogens is 356 g/mol. The number of carbonyl (C=O) groups excluding carboxylic acids is 1. The average molecular weight is 373 g/mol. The highest BCUT2D eigenvalue weighted by Crippen LogP contribution is 2.48. The molecule has 1 aliphatic heterocycles. The Balaban J connectivity index is 1.48. The molecule has 0 radical (unpaired) electrons. The second kappa shape index (κ2) is 6.64. The maximum atomic E-state index is 13.9. The van der Waals surface area contributed by atoms with Gasteiger partial charge in [-0.2, -0.15) is 0 Å². The zero-order valence-corrected chi connectivity index (χ0v) is 14.2. The van der Waals surface area contributed by atoms with Gasteiger partial charge < -0.3 is 15.2 Å². The average Bonchev–Trinajstić information content (AvgIpc) is 3.27. The van der Waals surface area contributed by atoms with Crippen LogP contribution in [0.5, 0.6) is 5.75 Å². The van der Waals surface area contributed by atoms with Gasteiger partial charge in [-0.15, -0.1) is 0 Å². The van der Waals surface area contributed by atoms with Crippen LogP contribution in [0.3, 0.4) is 0 Å². The lowest BCUT2D eigenvalue weighted by molar-refractivity contribution is -0.142. The van der Waals surface area contributed by atoms with E-state index in [2.05, 4.69) is 5.32 Å². The molecule has 5 nitrogen and oxygen atoms in total. The number of aliphatic carboxylic acids is 1. The van der Waals surface area contributed by atoms with E-state index in [1.807, 2.05) is 0 Å². The van der Waals surface area contributed by atoms with Crippen LogP contribution in [0.4, 0.5) is 8.78 Å². The Morgan fingerprint density at radius 2 is 2.00 bits per heavy atom. The smallest absolute Gasteiger partial charge is 0.330 e. The Kier molecular flexibility index (Phi) is 4.30. The fourth-order valence-electron chi connectivity index (χ4n) is 3.55. The summed E-state index contributed by atoms with van der Waals surface area (Å²) in [6.07, 6.45) is 1.09. The molecule has 1 saturated carbocycles. The van der Waals surface area contributed by atoms with E-state index in [-0.39, 0.29) is 11.5 Å². The fraction of sp³-hybridized carbons (Fsp3) is 0.300. The van der Waals surface area contributed by atoms with E-state index in [9.17, 15) is 23.5 Å². The Hall–Kier alpha value is -2.96. The van der Waals surface area contributed by atoms with Crippen molar-refractivity contribution >= 4 is 11.9 Å². The van der Waals surface area contributed by atoms with Crippen molar-refractivity contribution in [2.45, 2.75) is 24.8 Å². The number of nitrogens with one attached hydrogen (secondary N) is 1. The van der Waals surface area contributed by atoms with Crippen LogP contribution in [-0.4, -0.2) is 23.6 Å². The molecule has 2 aromatic rings. The first-order chi connectivity index (χ1) is 12.9. The summed E-state index contributed by atoms with van der Waals surface area (Å²) in [4.78, 5) is 24.2. The van der Waals surface area contributed by atoms with Crippen LogP contribution >= 0.6 is 0 Å². The number of rotatable bonds is 5. The molecule has 0 spiro atoms. The molecule has 140 valence electrons. The quantitative estimate of drug-likeness (QED) is 0.845. The molecule has 0 bridgehead atoms. The van der Waals surface area contributed by atoms with Crippen LogP contribution in [0.1, 0.15) is 35.1 Å². The molecule has 1 heterocycles. The zero-order chi connectivity index (χ0) is 19.1. The fourth-order valence-corrected chi connectivity index (χ4v) is 3.55. The van der Waals surface area contributed by atoms with Gasteiger partial charge in [0.1, 0.15) is 17.4 Å². The van der Waals surface area contributed by atoms with Crippen molar-refractivity contribution in [3.8, 4) is 5.75 Å². The van der Waals surface area contributed by atoms with E-state index in [1.54, 1.807) is 18.2 Å². The van der Waals surface area contributed by atoms with Crippen molar-refractivity contribution in [3.05, 3.63) is 64.7 Å². The van der Waals surface area contributed by atoms with Gasteiger partial charge >= 0.3 is 5.97 Å². The molecule has 1 amide bonds. The molecule has 3 unspecified atom stereocenters. The number of fused-ring (bicyclic) bond motifs is 1. The maximum absolute atomic E-state index is 13.9. The van der Waals surface area contributed by atoms with Gasteiger partial charge in [-0.3, -0.25) is 4.79 Å². The lowest BCUT2D eigenvalue weighted by Gasteiger charge is -2.16. The van der Waals surface area contributed by atoms with Crippen LogP contribution in [-0.2, 0) is 16.0 Å². The van der Waals surface area contributed by atoms with Gasteiger partial charge in [0.25, 0.3) is 0 Å². The largest absolute Gasteiger partial charge is 0.493 e. The highest BCUT2D eigenvalue weighted by molar-refractivity contribution is 5.88. The number of ether oxygens (including phenoxy) is 1. The van der Waals surface area contributed by atoms with Crippen molar-refractivity contribution in [3.63, 3.8) is 0 Å². The minimum atomic E-state index is -1.19. The number of hydrogen-bond acceptors (Lipinski definition) is 3. The maximum Gasteiger partial charge on any atom is 0.330 e. The minimum absolute atomic E-state index is 0.276. The molecule has 1 fully saturated rings. The summed E-state index contributed by atoms with van der Waals surface area (Å²) in [5.41, 5.74) is 1.65. The van der Waals surface area contributed by atoms with E-state index in [1.165, 1.54) is 6.07 Å². The Labute approximate surface area is 154 Å².